The standard InChI is InChI=1S/C25H30F3N3O4/c1-25(28,16-5-3-6-17(27)11-16)24(35)31-13-15-4-2-7-18(15)21(31)23(34)30-19(20(32)12-26)10-14-8-9-29-22(14)33/h3,5-6,11,14-15,18-19,21H,2,4,7-10,12-13H2,1H3,(H,29,33)(H,30,34)/t14-,15-,18-,19+,21-,25-/m0/s1. The molecule has 6 atom stereocenters. The van der Waals surface area contributed by atoms with E-state index in [9.17, 15) is 28.0 Å². The molecule has 2 aliphatic heterocycles. The molecule has 0 radical (unpaired) electrons. The SMILES string of the molecule is C[C@@](F)(C(=O)N1C[C@@H]2CCC[C@@H]2[C@H]1C(=O)N[C@H](C[C@@H]1CCNC1=O)C(=O)CF)c1cccc(F)c1. The number of nitrogens with zero attached hydrogens (tertiary/aromatic N) is 1. The number of carbonyl (C=O) groups is 4. The number of halogens is 3. The lowest BCUT2D eigenvalue weighted by molar-refractivity contribution is -0.149. The van der Waals surface area contributed by atoms with E-state index in [0.717, 1.165) is 31.9 Å². The van der Waals surface area contributed by atoms with E-state index in [4.69, 9.17) is 0 Å². The molecule has 10 heteroatoms. The number of carbonyl (C=O) groups excluding carboxylic acids is 4. The summed E-state index contributed by atoms with van der Waals surface area (Å²) < 4.78 is 42.8. The molecule has 2 saturated heterocycles. The number of alkyl halides is 2. The summed E-state index contributed by atoms with van der Waals surface area (Å²) in [5.74, 6) is -4.17. The monoisotopic (exact) mass is 493 g/mol. The second-order valence-corrected chi connectivity index (χ2v) is 9.94. The Kier molecular flexibility index (Phi) is 7.19. The quantitative estimate of drug-likeness (QED) is 0.581. The zero-order chi connectivity index (χ0) is 25.3. The molecule has 4 rings (SSSR count). The van der Waals surface area contributed by atoms with Gasteiger partial charge in [-0.3, -0.25) is 19.2 Å². The van der Waals surface area contributed by atoms with Crippen molar-refractivity contribution in [3.63, 3.8) is 0 Å². The summed E-state index contributed by atoms with van der Waals surface area (Å²) >= 11 is 0. The summed E-state index contributed by atoms with van der Waals surface area (Å²) in [6.45, 7) is 0.350. The fourth-order valence-corrected chi connectivity index (χ4v) is 5.80. The minimum atomic E-state index is -2.57. The molecule has 0 spiro atoms. The molecule has 3 fully saturated rings. The molecular formula is C25H30F3N3O4. The van der Waals surface area contributed by atoms with E-state index in [1.807, 2.05) is 0 Å². The largest absolute Gasteiger partial charge is 0.356 e. The van der Waals surface area contributed by atoms with E-state index in [2.05, 4.69) is 10.6 Å². The number of hydrogen-bond donors (Lipinski definition) is 2. The highest BCUT2D eigenvalue weighted by Gasteiger charge is 2.53. The van der Waals surface area contributed by atoms with Crippen molar-refractivity contribution < 1.29 is 32.3 Å². The van der Waals surface area contributed by atoms with Crippen LogP contribution in [-0.2, 0) is 24.8 Å². The van der Waals surface area contributed by atoms with Crippen molar-refractivity contribution in [2.75, 3.05) is 19.8 Å². The molecule has 1 aromatic carbocycles. The summed E-state index contributed by atoms with van der Waals surface area (Å²) in [4.78, 5) is 52.3. The lowest BCUT2D eigenvalue weighted by Crippen LogP contribution is -2.55. The molecule has 2 heterocycles. The van der Waals surface area contributed by atoms with E-state index in [1.54, 1.807) is 0 Å². The number of hydrogen-bond acceptors (Lipinski definition) is 4. The molecule has 0 bridgehead atoms. The Bertz CT molecular complexity index is 1020. The van der Waals surface area contributed by atoms with Gasteiger partial charge in [-0.25, -0.2) is 13.2 Å². The predicted octanol–water partition coefficient (Wildman–Crippen LogP) is 2.19. The maximum atomic E-state index is 15.8. The van der Waals surface area contributed by atoms with E-state index in [0.29, 0.717) is 19.4 Å². The van der Waals surface area contributed by atoms with Gasteiger partial charge in [0.05, 0.1) is 6.04 Å². The first-order chi connectivity index (χ1) is 16.6. The van der Waals surface area contributed by atoms with Gasteiger partial charge < -0.3 is 15.5 Å². The molecule has 1 aliphatic carbocycles. The second-order valence-electron chi connectivity index (χ2n) is 9.94. The van der Waals surface area contributed by atoms with Gasteiger partial charge >= 0.3 is 0 Å². The van der Waals surface area contributed by atoms with Gasteiger partial charge in [0, 0.05) is 24.6 Å². The number of ketones is 1. The molecule has 7 nitrogen and oxygen atoms in total. The van der Waals surface area contributed by atoms with Crippen molar-refractivity contribution in [3.05, 3.63) is 35.6 Å². The zero-order valence-electron chi connectivity index (χ0n) is 19.6. The predicted molar refractivity (Wildman–Crippen MR) is 120 cm³/mol. The topological polar surface area (TPSA) is 95.6 Å². The smallest absolute Gasteiger partial charge is 0.265 e. The first-order valence-electron chi connectivity index (χ1n) is 12.1. The van der Waals surface area contributed by atoms with Crippen LogP contribution in [0.3, 0.4) is 0 Å². The van der Waals surface area contributed by atoms with E-state index < -0.39 is 53.8 Å². The molecule has 3 aliphatic rings. The summed E-state index contributed by atoms with van der Waals surface area (Å²) in [7, 11) is 0. The fraction of sp³-hybridized carbons (Fsp3) is 0.600. The third-order valence-electron chi connectivity index (χ3n) is 7.71. The van der Waals surface area contributed by atoms with Crippen molar-refractivity contribution in [2.24, 2.45) is 17.8 Å². The average Bonchev–Trinajstić information content (AvgIpc) is 3.53. The van der Waals surface area contributed by atoms with Crippen LogP contribution in [0.15, 0.2) is 24.3 Å². The van der Waals surface area contributed by atoms with Crippen molar-refractivity contribution in [1.29, 1.82) is 0 Å². The van der Waals surface area contributed by atoms with Crippen molar-refractivity contribution >= 4 is 23.5 Å². The lowest BCUT2D eigenvalue weighted by atomic mass is 9.91. The Morgan fingerprint density at radius 1 is 1.26 bits per heavy atom. The third-order valence-corrected chi connectivity index (χ3v) is 7.71. The van der Waals surface area contributed by atoms with Crippen molar-refractivity contribution in [1.82, 2.24) is 15.5 Å². The Morgan fingerprint density at radius 2 is 2.03 bits per heavy atom. The third kappa shape index (κ3) is 4.92. The van der Waals surface area contributed by atoms with Gasteiger partial charge in [-0.05, 0) is 56.6 Å². The summed E-state index contributed by atoms with van der Waals surface area (Å²) in [5.41, 5.74) is -2.73. The van der Waals surface area contributed by atoms with Crippen LogP contribution in [0.25, 0.3) is 0 Å². The number of amides is 3. The molecule has 190 valence electrons. The van der Waals surface area contributed by atoms with Gasteiger partial charge in [-0.15, -0.1) is 0 Å². The highest BCUT2D eigenvalue weighted by molar-refractivity contribution is 5.96. The fourth-order valence-electron chi connectivity index (χ4n) is 5.80. The average molecular weight is 494 g/mol. The molecule has 1 aromatic rings. The van der Waals surface area contributed by atoms with Crippen LogP contribution in [0.4, 0.5) is 13.2 Å². The van der Waals surface area contributed by atoms with Crippen LogP contribution in [0, 0.1) is 23.6 Å². The molecule has 2 N–H and O–H groups in total. The summed E-state index contributed by atoms with van der Waals surface area (Å²) in [6.07, 6.45) is 2.71. The van der Waals surface area contributed by atoms with Gasteiger partial charge in [-0.2, -0.15) is 0 Å². The normalized spacial score (nSPS) is 28.2. The first-order valence-corrected chi connectivity index (χ1v) is 12.1. The van der Waals surface area contributed by atoms with Crippen LogP contribution in [0.2, 0.25) is 0 Å². The zero-order valence-corrected chi connectivity index (χ0v) is 19.6. The Hall–Kier alpha value is -2.91. The summed E-state index contributed by atoms with van der Waals surface area (Å²) in [6, 6.07) is 2.46. The molecule has 1 saturated carbocycles. The molecule has 0 aromatic heterocycles. The number of rotatable bonds is 8. The van der Waals surface area contributed by atoms with Crippen LogP contribution >= 0.6 is 0 Å². The van der Waals surface area contributed by atoms with Gasteiger partial charge in [0.2, 0.25) is 17.5 Å². The van der Waals surface area contributed by atoms with E-state index in [1.165, 1.54) is 17.0 Å². The number of benzene rings is 1. The minimum absolute atomic E-state index is 0.00561. The molecule has 35 heavy (non-hydrogen) atoms. The van der Waals surface area contributed by atoms with Crippen LogP contribution in [-0.4, -0.2) is 60.3 Å². The maximum absolute atomic E-state index is 15.8. The first kappa shape index (κ1) is 25.2. The Balaban J connectivity index is 1.57. The highest BCUT2D eigenvalue weighted by atomic mass is 19.1. The number of Topliss-reactive ketones (excluding diaryl/α,β-unsaturated/α-hetero) is 1. The Labute approximate surface area is 201 Å². The van der Waals surface area contributed by atoms with Crippen molar-refractivity contribution in [2.45, 2.75) is 56.8 Å². The summed E-state index contributed by atoms with van der Waals surface area (Å²) in [5, 5.41) is 5.22. The number of nitrogens with one attached hydrogen (secondary N) is 2. The molecular weight excluding hydrogens is 463 g/mol. The van der Waals surface area contributed by atoms with Crippen LogP contribution < -0.4 is 10.6 Å². The van der Waals surface area contributed by atoms with Gasteiger partial charge in [0.1, 0.15) is 18.5 Å². The van der Waals surface area contributed by atoms with E-state index >= 15 is 4.39 Å². The highest BCUT2D eigenvalue weighted by Crippen LogP contribution is 2.44. The number of fused-ring (bicyclic) bond motifs is 1. The van der Waals surface area contributed by atoms with Gasteiger partial charge in [0.15, 0.2) is 5.78 Å². The minimum Gasteiger partial charge on any atom is -0.356 e. The van der Waals surface area contributed by atoms with Crippen LogP contribution in [0.5, 0.6) is 0 Å². The van der Waals surface area contributed by atoms with Crippen molar-refractivity contribution in [3.8, 4) is 0 Å². The van der Waals surface area contributed by atoms with E-state index in [-0.39, 0.29) is 36.3 Å². The van der Waals surface area contributed by atoms with Crippen LogP contribution in [0.1, 0.15) is 44.6 Å². The van der Waals surface area contributed by atoms with Gasteiger partial charge in [-0.1, -0.05) is 18.6 Å². The second kappa shape index (κ2) is 9.99. The maximum Gasteiger partial charge on any atom is 0.265 e. The van der Waals surface area contributed by atoms with Gasteiger partial charge in [0.25, 0.3) is 5.91 Å². The Morgan fingerprint density at radius 3 is 2.69 bits per heavy atom. The lowest BCUT2D eigenvalue weighted by Gasteiger charge is -2.33. The molecule has 0 unspecified atom stereocenters. The number of likely N-dealkylation sites (tertiary alicyclic amines) is 1. The molecule has 3 amide bonds.